The van der Waals surface area contributed by atoms with E-state index in [0.29, 0.717) is 31.7 Å². The number of piperidine rings is 1. The second-order valence-corrected chi connectivity index (χ2v) is 10.2. The SMILES string of the molecule is CCCCN1C[C@@H](C(=O)N2C[C@@H](C)[C@](O)(c3ccccc3)[C@@H](C)C2)[C@H](c2ccc(F)cc2F)C1. The molecular weight excluding hydrogens is 434 g/mol. The van der Waals surface area contributed by atoms with Gasteiger partial charge < -0.3 is 14.9 Å². The van der Waals surface area contributed by atoms with Gasteiger partial charge in [-0.25, -0.2) is 8.78 Å². The summed E-state index contributed by atoms with van der Waals surface area (Å²) in [5.41, 5.74) is 0.279. The van der Waals surface area contributed by atoms with Crippen molar-refractivity contribution >= 4 is 5.91 Å². The minimum Gasteiger partial charge on any atom is -0.384 e. The van der Waals surface area contributed by atoms with Crippen molar-refractivity contribution in [3.05, 3.63) is 71.3 Å². The molecule has 5 atom stereocenters. The molecule has 2 saturated heterocycles. The summed E-state index contributed by atoms with van der Waals surface area (Å²) in [4.78, 5) is 17.9. The Morgan fingerprint density at radius 3 is 2.32 bits per heavy atom. The van der Waals surface area contributed by atoms with Crippen LogP contribution in [0.2, 0.25) is 0 Å². The van der Waals surface area contributed by atoms with Gasteiger partial charge in [-0.05, 0) is 30.2 Å². The number of hydrogen-bond donors (Lipinski definition) is 1. The largest absolute Gasteiger partial charge is 0.384 e. The highest BCUT2D eigenvalue weighted by molar-refractivity contribution is 5.81. The van der Waals surface area contributed by atoms with Crippen LogP contribution < -0.4 is 0 Å². The Bertz CT molecular complexity index is 987. The minimum absolute atomic E-state index is 0.00142. The van der Waals surface area contributed by atoms with Gasteiger partial charge in [0.25, 0.3) is 0 Å². The molecule has 2 aromatic rings. The first-order valence-electron chi connectivity index (χ1n) is 12.5. The number of carbonyl (C=O) groups is 1. The molecule has 6 heteroatoms. The lowest BCUT2D eigenvalue weighted by atomic mass is 9.70. The predicted octanol–water partition coefficient (Wildman–Crippen LogP) is 4.78. The molecule has 184 valence electrons. The smallest absolute Gasteiger partial charge is 0.227 e. The van der Waals surface area contributed by atoms with Gasteiger partial charge in [-0.2, -0.15) is 0 Å². The van der Waals surface area contributed by atoms with Crippen LogP contribution in [-0.2, 0) is 10.4 Å². The number of benzene rings is 2. The van der Waals surface area contributed by atoms with Gasteiger partial charge in [0.2, 0.25) is 5.91 Å². The molecule has 4 nitrogen and oxygen atoms in total. The number of hydrogen-bond acceptors (Lipinski definition) is 3. The lowest BCUT2D eigenvalue weighted by Crippen LogP contribution is -2.57. The Morgan fingerprint density at radius 1 is 1.03 bits per heavy atom. The zero-order valence-corrected chi connectivity index (χ0v) is 20.4. The number of likely N-dealkylation sites (tertiary alicyclic amines) is 2. The lowest BCUT2D eigenvalue weighted by molar-refractivity contribution is -0.152. The van der Waals surface area contributed by atoms with Gasteiger partial charge in [-0.3, -0.25) is 4.79 Å². The van der Waals surface area contributed by atoms with E-state index in [2.05, 4.69) is 11.8 Å². The Kier molecular flexibility index (Phi) is 7.39. The van der Waals surface area contributed by atoms with Crippen LogP contribution in [0.5, 0.6) is 0 Å². The summed E-state index contributed by atoms with van der Waals surface area (Å²) >= 11 is 0. The molecule has 2 aliphatic rings. The van der Waals surface area contributed by atoms with Crippen molar-refractivity contribution in [2.45, 2.75) is 45.1 Å². The fraction of sp³-hybridized carbons (Fsp3) is 0.536. The monoisotopic (exact) mass is 470 g/mol. The Morgan fingerprint density at radius 2 is 1.71 bits per heavy atom. The highest BCUT2D eigenvalue weighted by atomic mass is 19.1. The van der Waals surface area contributed by atoms with Crippen LogP contribution in [0.4, 0.5) is 8.78 Å². The van der Waals surface area contributed by atoms with Crippen molar-refractivity contribution in [2.75, 3.05) is 32.7 Å². The third-order valence-electron chi connectivity index (χ3n) is 7.94. The number of unbranched alkanes of at least 4 members (excludes halogenated alkanes) is 1. The van der Waals surface area contributed by atoms with Crippen molar-refractivity contribution in [1.82, 2.24) is 9.80 Å². The molecule has 0 radical (unpaired) electrons. The minimum atomic E-state index is -1.01. The average Bonchev–Trinajstić information content (AvgIpc) is 3.24. The predicted molar refractivity (Wildman–Crippen MR) is 129 cm³/mol. The highest BCUT2D eigenvalue weighted by Crippen LogP contribution is 2.43. The van der Waals surface area contributed by atoms with Crippen molar-refractivity contribution in [1.29, 1.82) is 0 Å². The second kappa shape index (κ2) is 10.1. The number of amides is 1. The zero-order chi connectivity index (χ0) is 24.5. The van der Waals surface area contributed by atoms with Gasteiger partial charge >= 0.3 is 0 Å². The quantitative estimate of drug-likeness (QED) is 0.661. The normalized spacial score (nSPS) is 30.0. The molecule has 0 aliphatic carbocycles. The number of halogens is 2. The molecule has 0 bridgehead atoms. The van der Waals surface area contributed by atoms with Gasteiger partial charge in [0.1, 0.15) is 11.6 Å². The molecule has 0 unspecified atom stereocenters. The standard InChI is InChI=1S/C28H36F2N2O2/c1-4-5-13-31-17-24(23-12-11-22(29)14-26(23)30)25(18-31)27(33)32-15-19(2)28(34,20(3)16-32)21-9-7-6-8-10-21/h6-12,14,19-20,24-25,34H,4-5,13,15-18H2,1-3H3/t19-,20+,24-,25+,28-/m0/s1. The molecular formula is C28H36F2N2O2. The summed E-state index contributed by atoms with van der Waals surface area (Å²) in [5.74, 6) is -2.20. The molecule has 0 saturated carbocycles. The summed E-state index contributed by atoms with van der Waals surface area (Å²) in [6, 6.07) is 13.4. The maximum Gasteiger partial charge on any atom is 0.227 e. The van der Waals surface area contributed by atoms with Crippen LogP contribution in [-0.4, -0.2) is 53.5 Å². The van der Waals surface area contributed by atoms with Gasteiger partial charge in [0, 0.05) is 50.0 Å². The molecule has 0 aromatic heterocycles. The van der Waals surface area contributed by atoms with Crippen molar-refractivity contribution in [3.63, 3.8) is 0 Å². The van der Waals surface area contributed by atoms with Crippen molar-refractivity contribution in [3.8, 4) is 0 Å². The average molecular weight is 471 g/mol. The maximum absolute atomic E-state index is 14.8. The second-order valence-electron chi connectivity index (χ2n) is 10.2. The van der Waals surface area contributed by atoms with E-state index in [1.165, 1.54) is 12.1 Å². The highest BCUT2D eigenvalue weighted by Gasteiger charge is 2.49. The zero-order valence-electron chi connectivity index (χ0n) is 20.4. The Labute approximate surface area is 201 Å². The fourth-order valence-corrected chi connectivity index (χ4v) is 6.01. The number of aliphatic hydroxyl groups is 1. The van der Waals surface area contributed by atoms with Crippen LogP contribution in [0.25, 0.3) is 0 Å². The lowest BCUT2D eigenvalue weighted by Gasteiger charge is -2.48. The Balaban J connectivity index is 1.57. The molecule has 2 heterocycles. The molecule has 0 spiro atoms. The van der Waals surface area contributed by atoms with Crippen LogP contribution >= 0.6 is 0 Å². The number of rotatable bonds is 6. The van der Waals surface area contributed by atoms with Gasteiger partial charge in [0.05, 0.1) is 11.5 Å². The van der Waals surface area contributed by atoms with Gasteiger partial charge in [-0.1, -0.05) is 63.6 Å². The van der Waals surface area contributed by atoms with Crippen LogP contribution in [0, 0.1) is 29.4 Å². The van der Waals surface area contributed by atoms with Crippen molar-refractivity contribution < 1.29 is 18.7 Å². The molecule has 2 aromatic carbocycles. The van der Waals surface area contributed by atoms with E-state index in [0.717, 1.165) is 31.0 Å². The van der Waals surface area contributed by atoms with Gasteiger partial charge in [0.15, 0.2) is 0 Å². The topological polar surface area (TPSA) is 43.8 Å². The first-order chi connectivity index (χ1) is 16.3. The Hall–Kier alpha value is -2.31. The van der Waals surface area contributed by atoms with E-state index in [-0.39, 0.29) is 29.6 Å². The van der Waals surface area contributed by atoms with Crippen LogP contribution in [0.15, 0.2) is 48.5 Å². The number of carbonyl (C=O) groups excluding carboxylic acids is 1. The molecule has 1 amide bonds. The van der Waals surface area contributed by atoms with Gasteiger partial charge in [-0.15, -0.1) is 0 Å². The van der Waals surface area contributed by atoms with E-state index in [9.17, 15) is 18.7 Å². The molecule has 4 rings (SSSR count). The fourth-order valence-electron chi connectivity index (χ4n) is 6.01. The molecule has 2 aliphatic heterocycles. The summed E-state index contributed by atoms with van der Waals surface area (Å²) in [6.07, 6.45) is 2.06. The first kappa shape index (κ1) is 24.8. The molecule has 2 fully saturated rings. The van der Waals surface area contributed by atoms with E-state index in [4.69, 9.17) is 0 Å². The number of nitrogens with zero attached hydrogens (tertiary/aromatic N) is 2. The summed E-state index contributed by atoms with van der Waals surface area (Å²) in [6.45, 7) is 9.01. The van der Waals surface area contributed by atoms with E-state index in [1.54, 1.807) is 0 Å². The molecule has 34 heavy (non-hydrogen) atoms. The van der Waals surface area contributed by atoms with Crippen LogP contribution in [0.3, 0.4) is 0 Å². The van der Waals surface area contributed by atoms with E-state index < -0.39 is 17.2 Å². The summed E-state index contributed by atoms with van der Waals surface area (Å²) < 4.78 is 28.3. The molecule has 1 N–H and O–H groups in total. The van der Waals surface area contributed by atoms with E-state index >= 15 is 0 Å². The summed E-state index contributed by atoms with van der Waals surface area (Å²) in [7, 11) is 0. The third kappa shape index (κ3) is 4.63. The third-order valence-corrected chi connectivity index (χ3v) is 7.94. The van der Waals surface area contributed by atoms with Crippen molar-refractivity contribution in [2.24, 2.45) is 17.8 Å². The van der Waals surface area contributed by atoms with E-state index in [1.807, 2.05) is 49.1 Å². The van der Waals surface area contributed by atoms with Crippen LogP contribution in [0.1, 0.15) is 50.7 Å². The maximum atomic E-state index is 14.8. The first-order valence-corrected chi connectivity index (χ1v) is 12.5. The summed E-state index contributed by atoms with van der Waals surface area (Å²) in [5, 5.41) is 11.6.